The Labute approximate surface area is 244 Å². The number of amides is 1. The zero-order valence-electron chi connectivity index (χ0n) is 22.3. The molecule has 6 rings (SSSR count). The second kappa shape index (κ2) is 11.1. The number of H-pyrrole nitrogens is 1. The lowest BCUT2D eigenvalue weighted by molar-refractivity contribution is -0.129. The van der Waals surface area contributed by atoms with Gasteiger partial charge in [-0.2, -0.15) is 5.10 Å². The maximum Gasteiger partial charge on any atom is 0.326 e. The summed E-state index contributed by atoms with van der Waals surface area (Å²) in [6.07, 6.45) is 1.63. The maximum absolute atomic E-state index is 13.6. The van der Waals surface area contributed by atoms with E-state index < -0.39 is 6.10 Å². The van der Waals surface area contributed by atoms with E-state index in [1.165, 1.54) is 12.1 Å². The average molecular weight is 659 g/mol. The third kappa shape index (κ3) is 5.34. The van der Waals surface area contributed by atoms with Crippen LogP contribution in [0.1, 0.15) is 37.1 Å². The number of carbonyl (C=O) groups is 1. The van der Waals surface area contributed by atoms with Crippen LogP contribution in [0, 0.1) is 9.39 Å². The van der Waals surface area contributed by atoms with Gasteiger partial charge in [0.25, 0.3) is 0 Å². The molecule has 2 aliphatic rings. The number of aliphatic hydroxyl groups is 1. The molecule has 4 heterocycles. The van der Waals surface area contributed by atoms with Crippen molar-refractivity contribution in [2.75, 3.05) is 26.2 Å². The first-order valence-corrected chi connectivity index (χ1v) is 14.7. The van der Waals surface area contributed by atoms with Gasteiger partial charge in [0.15, 0.2) is 0 Å². The molecule has 0 aliphatic carbocycles. The smallest absolute Gasteiger partial charge is 0.326 e. The highest BCUT2D eigenvalue weighted by atomic mass is 127. The van der Waals surface area contributed by atoms with Crippen LogP contribution in [-0.2, 0) is 24.3 Å². The number of aromatic nitrogens is 4. The van der Waals surface area contributed by atoms with Crippen LogP contribution in [0.3, 0.4) is 0 Å². The molecule has 4 aromatic rings. The molecule has 0 spiro atoms. The monoisotopic (exact) mass is 658 g/mol. The van der Waals surface area contributed by atoms with Crippen LogP contribution in [0.2, 0.25) is 0 Å². The van der Waals surface area contributed by atoms with Gasteiger partial charge in [0.05, 0.1) is 29.4 Å². The molecule has 1 amide bonds. The summed E-state index contributed by atoms with van der Waals surface area (Å²) < 4.78 is 18.4. The van der Waals surface area contributed by atoms with E-state index in [9.17, 15) is 19.1 Å². The van der Waals surface area contributed by atoms with Crippen LogP contribution in [-0.4, -0.2) is 72.4 Å². The summed E-state index contributed by atoms with van der Waals surface area (Å²) in [5, 5.41) is 16.0. The molecule has 2 aromatic heterocycles. The van der Waals surface area contributed by atoms with E-state index in [2.05, 4.69) is 44.6 Å². The molecule has 0 saturated carbocycles. The lowest BCUT2D eigenvalue weighted by atomic mass is 10.0. The number of aromatic amines is 1. The van der Waals surface area contributed by atoms with E-state index >= 15 is 0 Å². The van der Waals surface area contributed by atoms with Crippen molar-refractivity contribution in [3.63, 3.8) is 0 Å². The van der Waals surface area contributed by atoms with Crippen molar-refractivity contribution in [2.24, 2.45) is 0 Å². The highest BCUT2D eigenvalue weighted by Gasteiger charge is 2.29. The number of nitrogens with zero attached hydrogens (tertiary/aromatic N) is 5. The first kappa shape index (κ1) is 27.2. The molecule has 2 aromatic carbocycles. The summed E-state index contributed by atoms with van der Waals surface area (Å²) in [5.74, 6) is -0.317. The molecular formula is C29H32FIN6O3. The van der Waals surface area contributed by atoms with Crippen LogP contribution < -0.4 is 5.69 Å². The van der Waals surface area contributed by atoms with Crippen molar-refractivity contribution in [1.29, 1.82) is 0 Å². The molecule has 9 nitrogen and oxygen atoms in total. The van der Waals surface area contributed by atoms with E-state index in [-0.39, 0.29) is 23.5 Å². The zero-order valence-corrected chi connectivity index (χ0v) is 24.5. The summed E-state index contributed by atoms with van der Waals surface area (Å²) in [4.78, 5) is 31.6. The van der Waals surface area contributed by atoms with Gasteiger partial charge in [0, 0.05) is 72.5 Å². The van der Waals surface area contributed by atoms with E-state index in [1.54, 1.807) is 17.6 Å². The quantitative estimate of drug-likeness (QED) is 0.309. The summed E-state index contributed by atoms with van der Waals surface area (Å²) >= 11 is 2.28. The van der Waals surface area contributed by atoms with Crippen LogP contribution in [0.5, 0.6) is 0 Å². The standard InChI is InChI=1S/C29H32FIN6O3/c1-18(38)35-13-10-26-24(17-35)28(19-2-5-21(31)6-3-19)33-36(26)16-23(39)15-34-11-8-22(9-12-34)37-27-7-4-20(30)14-25(27)32-29(37)40/h2-7,14,22-23,39H,8-13,15-17H2,1H3,(H,32,40). The van der Waals surface area contributed by atoms with Gasteiger partial charge in [0.1, 0.15) is 5.82 Å². The van der Waals surface area contributed by atoms with Crippen LogP contribution in [0.4, 0.5) is 4.39 Å². The highest BCUT2D eigenvalue weighted by Crippen LogP contribution is 2.31. The van der Waals surface area contributed by atoms with E-state index in [4.69, 9.17) is 5.10 Å². The molecule has 1 saturated heterocycles. The summed E-state index contributed by atoms with van der Waals surface area (Å²) in [7, 11) is 0. The number of piperidine rings is 1. The molecule has 210 valence electrons. The first-order chi connectivity index (χ1) is 19.3. The minimum absolute atomic E-state index is 0.0268. The highest BCUT2D eigenvalue weighted by molar-refractivity contribution is 14.1. The van der Waals surface area contributed by atoms with Crippen LogP contribution in [0.15, 0.2) is 47.3 Å². The summed E-state index contributed by atoms with van der Waals surface area (Å²) in [5.41, 5.74) is 5.04. The van der Waals surface area contributed by atoms with Crippen molar-refractivity contribution >= 4 is 39.5 Å². The SMILES string of the molecule is CC(=O)N1CCc2c(c(-c3ccc(I)cc3)nn2CC(O)CN2CCC(n3c(=O)[nH]c4cc(F)ccc43)CC2)C1. The molecule has 40 heavy (non-hydrogen) atoms. The van der Waals surface area contributed by atoms with Gasteiger partial charge < -0.3 is 19.9 Å². The Morgan fingerprint density at radius 2 is 1.90 bits per heavy atom. The third-order valence-electron chi connectivity index (χ3n) is 8.15. The molecule has 1 unspecified atom stereocenters. The Balaban J connectivity index is 1.14. The predicted molar refractivity (Wildman–Crippen MR) is 158 cm³/mol. The maximum atomic E-state index is 13.6. The molecule has 1 atom stereocenters. The fraction of sp³-hybridized carbons (Fsp3) is 0.414. The Morgan fingerprint density at radius 1 is 1.15 bits per heavy atom. The number of halogens is 2. The van der Waals surface area contributed by atoms with E-state index in [1.807, 2.05) is 21.7 Å². The first-order valence-electron chi connectivity index (χ1n) is 13.7. The number of aliphatic hydroxyl groups excluding tert-OH is 1. The van der Waals surface area contributed by atoms with Crippen molar-refractivity contribution in [2.45, 2.75) is 51.4 Å². The van der Waals surface area contributed by atoms with Crippen molar-refractivity contribution in [3.8, 4) is 11.3 Å². The molecule has 2 N–H and O–H groups in total. The molecule has 0 radical (unpaired) electrons. The predicted octanol–water partition coefficient (Wildman–Crippen LogP) is 3.54. The Hall–Kier alpha value is -3.03. The van der Waals surface area contributed by atoms with Crippen molar-refractivity contribution in [1.82, 2.24) is 29.1 Å². The number of β-amino-alcohol motifs (C(OH)–C–C–N with tert-alkyl or cyclic N) is 1. The van der Waals surface area contributed by atoms with Gasteiger partial charge in [-0.1, -0.05) is 12.1 Å². The molecular weight excluding hydrogens is 626 g/mol. The molecule has 11 heteroatoms. The minimum Gasteiger partial charge on any atom is -0.390 e. The Kier molecular flexibility index (Phi) is 7.53. The lowest BCUT2D eigenvalue weighted by Gasteiger charge is -2.33. The third-order valence-corrected chi connectivity index (χ3v) is 8.87. The number of carbonyl (C=O) groups excluding carboxylic acids is 1. The summed E-state index contributed by atoms with van der Waals surface area (Å²) in [6, 6.07) is 12.6. The Bertz CT molecular complexity index is 1600. The molecule has 1 fully saturated rings. The van der Waals surface area contributed by atoms with Crippen molar-refractivity contribution < 1.29 is 14.3 Å². The van der Waals surface area contributed by atoms with Gasteiger partial charge in [0.2, 0.25) is 5.91 Å². The minimum atomic E-state index is -0.616. The topological polar surface area (TPSA) is 99.4 Å². The number of benzene rings is 2. The molecule has 2 aliphatic heterocycles. The van der Waals surface area contributed by atoms with Gasteiger partial charge >= 0.3 is 5.69 Å². The van der Waals surface area contributed by atoms with E-state index in [0.717, 1.165) is 57.5 Å². The largest absolute Gasteiger partial charge is 0.390 e. The van der Waals surface area contributed by atoms with Crippen molar-refractivity contribution in [3.05, 3.63) is 73.6 Å². The molecule has 0 bridgehead atoms. The lowest BCUT2D eigenvalue weighted by Crippen LogP contribution is -2.42. The van der Waals surface area contributed by atoms with Gasteiger partial charge in [-0.05, 0) is 65.8 Å². The Morgan fingerprint density at radius 3 is 2.62 bits per heavy atom. The van der Waals surface area contributed by atoms with Crippen LogP contribution in [0.25, 0.3) is 22.3 Å². The number of hydrogen-bond acceptors (Lipinski definition) is 5. The number of imidazole rings is 1. The number of fused-ring (bicyclic) bond motifs is 2. The van der Waals surface area contributed by atoms with Gasteiger partial charge in [-0.3, -0.25) is 14.0 Å². The normalized spacial score (nSPS) is 17.4. The fourth-order valence-corrected chi connectivity index (χ4v) is 6.49. The zero-order chi connectivity index (χ0) is 28.0. The van der Waals surface area contributed by atoms with Crippen LogP contribution >= 0.6 is 22.6 Å². The van der Waals surface area contributed by atoms with E-state index in [0.29, 0.717) is 38.1 Å². The second-order valence-corrected chi connectivity index (χ2v) is 12.0. The number of hydrogen-bond donors (Lipinski definition) is 2. The van der Waals surface area contributed by atoms with Gasteiger partial charge in [-0.15, -0.1) is 0 Å². The number of nitrogens with one attached hydrogen (secondary N) is 1. The van der Waals surface area contributed by atoms with Gasteiger partial charge in [-0.25, -0.2) is 9.18 Å². The second-order valence-electron chi connectivity index (χ2n) is 10.8. The summed E-state index contributed by atoms with van der Waals surface area (Å²) in [6.45, 7) is 5.15. The number of rotatable bonds is 6. The fourth-order valence-electron chi connectivity index (χ4n) is 6.13. The number of likely N-dealkylation sites (tertiary alicyclic amines) is 1. The average Bonchev–Trinajstić information content (AvgIpc) is 3.45.